The van der Waals surface area contributed by atoms with Crippen molar-refractivity contribution in [3.8, 4) is 0 Å². The minimum Gasteiger partial charge on any atom is -0.469 e. The monoisotopic (exact) mass is 268 g/mol. The van der Waals surface area contributed by atoms with Gasteiger partial charge in [-0.25, -0.2) is 0 Å². The summed E-state index contributed by atoms with van der Waals surface area (Å²) in [5, 5.41) is 10.0. The molecule has 0 saturated carbocycles. The molecule has 110 valence electrons. The van der Waals surface area contributed by atoms with E-state index in [9.17, 15) is 9.90 Å². The molecule has 0 spiro atoms. The third-order valence-corrected chi connectivity index (χ3v) is 3.02. The molecule has 0 heterocycles. The van der Waals surface area contributed by atoms with E-state index in [1.54, 1.807) is 6.92 Å². The molecular formula is C16H28O3. The molecule has 1 unspecified atom stereocenters. The van der Waals surface area contributed by atoms with Crippen LogP contribution in [-0.2, 0) is 9.53 Å². The van der Waals surface area contributed by atoms with Crippen LogP contribution in [0.2, 0.25) is 0 Å². The molecule has 0 aromatic carbocycles. The molecule has 0 fully saturated rings. The van der Waals surface area contributed by atoms with E-state index in [0.717, 1.165) is 19.3 Å². The van der Waals surface area contributed by atoms with Gasteiger partial charge in [0, 0.05) is 0 Å². The van der Waals surface area contributed by atoms with Gasteiger partial charge in [-0.3, -0.25) is 4.79 Å². The van der Waals surface area contributed by atoms with Crippen molar-refractivity contribution in [2.24, 2.45) is 0 Å². The van der Waals surface area contributed by atoms with Crippen LogP contribution in [0.5, 0.6) is 0 Å². The topological polar surface area (TPSA) is 46.5 Å². The van der Waals surface area contributed by atoms with Gasteiger partial charge in [-0.05, 0) is 53.4 Å². The standard InChI is InChI=1S/C16H28O3/c1-13(2)8-6-9-14(3)10-7-11-16(4,18)12-15(17)19-5/h8,10,18H,6-7,9,11-12H2,1-5H3/b14-10+. The molecule has 3 nitrogen and oxygen atoms in total. The zero-order chi connectivity index (χ0) is 14.9. The van der Waals surface area contributed by atoms with Crippen LogP contribution >= 0.6 is 0 Å². The van der Waals surface area contributed by atoms with Crippen LogP contribution in [0.1, 0.15) is 59.8 Å². The summed E-state index contributed by atoms with van der Waals surface area (Å²) in [7, 11) is 1.34. The maximum Gasteiger partial charge on any atom is 0.308 e. The zero-order valence-electron chi connectivity index (χ0n) is 13.0. The van der Waals surface area contributed by atoms with Crippen LogP contribution in [-0.4, -0.2) is 23.8 Å². The number of allylic oxidation sites excluding steroid dienone is 4. The Morgan fingerprint density at radius 3 is 2.37 bits per heavy atom. The van der Waals surface area contributed by atoms with Gasteiger partial charge < -0.3 is 9.84 Å². The van der Waals surface area contributed by atoms with E-state index >= 15 is 0 Å². The average molecular weight is 268 g/mol. The van der Waals surface area contributed by atoms with E-state index in [0.29, 0.717) is 6.42 Å². The molecule has 0 aliphatic carbocycles. The molecule has 0 aliphatic heterocycles. The second-order valence-corrected chi connectivity index (χ2v) is 5.66. The van der Waals surface area contributed by atoms with E-state index in [1.807, 2.05) is 0 Å². The summed E-state index contributed by atoms with van der Waals surface area (Å²) in [6, 6.07) is 0. The van der Waals surface area contributed by atoms with Gasteiger partial charge >= 0.3 is 5.97 Å². The summed E-state index contributed by atoms with van der Waals surface area (Å²) in [5.74, 6) is -0.366. The lowest BCUT2D eigenvalue weighted by Crippen LogP contribution is -2.28. The van der Waals surface area contributed by atoms with Crippen molar-refractivity contribution in [3.05, 3.63) is 23.3 Å². The molecule has 1 N–H and O–H groups in total. The predicted molar refractivity (Wildman–Crippen MR) is 78.9 cm³/mol. The molecule has 0 amide bonds. The number of ether oxygens (including phenoxy) is 1. The van der Waals surface area contributed by atoms with Crippen LogP contribution in [0.25, 0.3) is 0 Å². The SMILES string of the molecule is COC(=O)CC(C)(O)CC/C=C(\C)CCC=C(C)C. The highest BCUT2D eigenvalue weighted by atomic mass is 16.5. The number of hydrogen-bond acceptors (Lipinski definition) is 3. The number of esters is 1. The Kier molecular flexibility index (Phi) is 8.41. The first-order valence-electron chi connectivity index (χ1n) is 6.85. The average Bonchev–Trinajstić information content (AvgIpc) is 2.27. The van der Waals surface area contributed by atoms with Crippen molar-refractivity contribution in [2.75, 3.05) is 7.11 Å². The molecule has 0 aromatic rings. The lowest BCUT2D eigenvalue weighted by atomic mass is 9.95. The maximum absolute atomic E-state index is 11.1. The Balaban J connectivity index is 4.04. The van der Waals surface area contributed by atoms with Crippen molar-refractivity contribution in [3.63, 3.8) is 0 Å². The van der Waals surface area contributed by atoms with Crippen molar-refractivity contribution >= 4 is 5.97 Å². The number of carbonyl (C=O) groups excluding carboxylic acids is 1. The fourth-order valence-electron chi connectivity index (χ4n) is 1.79. The molecule has 3 heteroatoms. The second kappa shape index (κ2) is 8.92. The summed E-state index contributed by atoms with van der Waals surface area (Å²) in [4.78, 5) is 11.1. The lowest BCUT2D eigenvalue weighted by Gasteiger charge is -2.20. The van der Waals surface area contributed by atoms with Crippen LogP contribution < -0.4 is 0 Å². The minimum atomic E-state index is -0.982. The lowest BCUT2D eigenvalue weighted by molar-refractivity contribution is -0.145. The van der Waals surface area contributed by atoms with Crippen LogP contribution in [0.15, 0.2) is 23.3 Å². The maximum atomic E-state index is 11.1. The number of rotatable bonds is 8. The van der Waals surface area contributed by atoms with Gasteiger partial charge in [-0.15, -0.1) is 0 Å². The molecule has 0 aliphatic rings. The molecule has 0 aromatic heterocycles. The number of hydrogen-bond donors (Lipinski definition) is 1. The Bertz CT molecular complexity index is 334. The van der Waals surface area contributed by atoms with Gasteiger partial charge in [0.25, 0.3) is 0 Å². The van der Waals surface area contributed by atoms with Crippen molar-refractivity contribution in [2.45, 2.75) is 65.4 Å². The second-order valence-electron chi connectivity index (χ2n) is 5.66. The Labute approximate surface area is 117 Å². The zero-order valence-corrected chi connectivity index (χ0v) is 13.0. The van der Waals surface area contributed by atoms with Crippen LogP contribution in [0.3, 0.4) is 0 Å². The van der Waals surface area contributed by atoms with E-state index in [-0.39, 0.29) is 12.4 Å². The fourth-order valence-corrected chi connectivity index (χ4v) is 1.79. The van der Waals surface area contributed by atoms with Gasteiger partial charge in [0.2, 0.25) is 0 Å². The molecule has 1 atom stereocenters. The summed E-state index contributed by atoms with van der Waals surface area (Å²) < 4.78 is 4.57. The Hall–Kier alpha value is -1.09. The van der Waals surface area contributed by atoms with Gasteiger partial charge in [-0.1, -0.05) is 23.3 Å². The predicted octanol–water partition coefficient (Wildman–Crippen LogP) is 3.77. The molecular weight excluding hydrogens is 240 g/mol. The first-order chi connectivity index (χ1) is 8.76. The van der Waals surface area contributed by atoms with Gasteiger partial charge in [0.15, 0.2) is 0 Å². The molecule has 19 heavy (non-hydrogen) atoms. The molecule has 0 saturated heterocycles. The highest BCUT2D eigenvalue weighted by Crippen LogP contribution is 2.19. The number of methoxy groups -OCH3 is 1. The van der Waals surface area contributed by atoms with Gasteiger partial charge in [0.05, 0.1) is 19.1 Å². The fraction of sp³-hybridized carbons (Fsp3) is 0.688. The normalized spacial score (nSPS) is 14.7. The molecule has 0 radical (unpaired) electrons. The summed E-state index contributed by atoms with van der Waals surface area (Å²) in [6.07, 6.45) is 7.88. The van der Waals surface area contributed by atoms with Crippen molar-refractivity contribution in [1.82, 2.24) is 0 Å². The smallest absolute Gasteiger partial charge is 0.308 e. The Morgan fingerprint density at radius 2 is 1.84 bits per heavy atom. The minimum absolute atomic E-state index is 0.0498. The summed E-state index contributed by atoms with van der Waals surface area (Å²) >= 11 is 0. The summed E-state index contributed by atoms with van der Waals surface area (Å²) in [6.45, 7) is 7.98. The number of carbonyl (C=O) groups is 1. The van der Waals surface area contributed by atoms with Crippen LogP contribution in [0.4, 0.5) is 0 Å². The van der Waals surface area contributed by atoms with Crippen molar-refractivity contribution < 1.29 is 14.6 Å². The highest BCUT2D eigenvalue weighted by molar-refractivity contribution is 5.70. The largest absolute Gasteiger partial charge is 0.469 e. The van der Waals surface area contributed by atoms with Crippen LogP contribution in [0, 0.1) is 0 Å². The highest BCUT2D eigenvalue weighted by Gasteiger charge is 2.23. The first-order valence-corrected chi connectivity index (χ1v) is 6.85. The molecule has 0 bridgehead atoms. The first kappa shape index (κ1) is 17.9. The van der Waals surface area contributed by atoms with E-state index in [1.165, 1.54) is 18.3 Å². The van der Waals surface area contributed by atoms with Gasteiger partial charge in [-0.2, -0.15) is 0 Å². The third-order valence-electron chi connectivity index (χ3n) is 3.02. The van der Waals surface area contributed by atoms with E-state index < -0.39 is 5.60 Å². The van der Waals surface area contributed by atoms with Gasteiger partial charge in [0.1, 0.15) is 0 Å². The van der Waals surface area contributed by atoms with E-state index in [4.69, 9.17) is 0 Å². The quantitative estimate of drug-likeness (QED) is 0.538. The van der Waals surface area contributed by atoms with E-state index in [2.05, 4.69) is 37.7 Å². The molecule has 0 rings (SSSR count). The summed E-state index contributed by atoms with van der Waals surface area (Å²) in [5.41, 5.74) is 1.68. The van der Waals surface area contributed by atoms with Crippen molar-refractivity contribution in [1.29, 1.82) is 0 Å². The third kappa shape index (κ3) is 10.5. The Morgan fingerprint density at radius 1 is 1.21 bits per heavy atom. The number of aliphatic hydroxyl groups is 1.